The maximum absolute atomic E-state index is 5.65. The SMILES string of the molecule is C=CCCOCCN1CC2CCCN2CC1CC. The Kier molecular flexibility index (Phi) is 5.67. The van der Waals surface area contributed by atoms with Gasteiger partial charge in [0.2, 0.25) is 0 Å². The van der Waals surface area contributed by atoms with E-state index < -0.39 is 0 Å². The summed E-state index contributed by atoms with van der Waals surface area (Å²) in [6, 6.07) is 1.56. The Morgan fingerprint density at radius 2 is 2.22 bits per heavy atom. The Labute approximate surface area is 112 Å². The van der Waals surface area contributed by atoms with E-state index in [1.807, 2.05) is 6.08 Å². The zero-order valence-corrected chi connectivity index (χ0v) is 11.8. The molecule has 18 heavy (non-hydrogen) atoms. The van der Waals surface area contributed by atoms with Crippen molar-refractivity contribution in [2.75, 3.05) is 39.4 Å². The van der Waals surface area contributed by atoms with E-state index in [1.165, 1.54) is 38.9 Å². The van der Waals surface area contributed by atoms with Crippen LogP contribution in [0.3, 0.4) is 0 Å². The van der Waals surface area contributed by atoms with Gasteiger partial charge in [-0.3, -0.25) is 9.80 Å². The van der Waals surface area contributed by atoms with Gasteiger partial charge in [0, 0.05) is 31.7 Å². The lowest BCUT2D eigenvalue weighted by molar-refractivity contribution is 0.0235. The number of fused-ring (bicyclic) bond motifs is 1. The van der Waals surface area contributed by atoms with Crippen molar-refractivity contribution in [3.8, 4) is 0 Å². The predicted octanol–water partition coefficient (Wildman–Crippen LogP) is 2.14. The second-order valence-corrected chi connectivity index (χ2v) is 5.54. The molecule has 0 saturated carbocycles. The van der Waals surface area contributed by atoms with Gasteiger partial charge in [0.15, 0.2) is 0 Å². The van der Waals surface area contributed by atoms with Crippen LogP contribution in [0.25, 0.3) is 0 Å². The molecule has 3 nitrogen and oxygen atoms in total. The molecule has 0 N–H and O–H groups in total. The van der Waals surface area contributed by atoms with E-state index in [0.29, 0.717) is 0 Å². The largest absolute Gasteiger partial charge is 0.380 e. The molecule has 2 fully saturated rings. The molecule has 2 saturated heterocycles. The van der Waals surface area contributed by atoms with Crippen LogP contribution in [-0.4, -0.2) is 61.3 Å². The first-order valence-corrected chi connectivity index (χ1v) is 7.52. The Balaban J connectivity index is 1.73. The standard InChI is InChI=1S/C15H28N2O/c1-3-5-10-18-11-9-17-13-15-7-6-8-16(15)12-14(17)4-2/h3,14-15H,1,4-13H2,2H3. The van der Waals surface area contributed by atoms with Gasteiger partial charge in [-0.25, -0.2) is 0 Å². The molecule has 0 spiro atoms. The average Bonchev–Trinajstić information content (AvgIpc) is 2.84. The molecule has 0 amide bonds. The van der Waals surface area contributed by atoms with Crippen molar-refractivity contribution >= 4 is 0 Å². The van der Waals surface area contributed by atoms with Gasteiger partial charge in [-0.15, -0.1) is 6.58 Å². The highest BCUT2D eigenvalue weighted by Gasteiger charge is 2.34. The summed E-state index contributed by atoms with van der Waals surface area (Å²) in [5.74, 6) is 0. The molecule has 2 rings (SSSR count). The van der Waals surface area contributed by atoms with Crippen LogP contribution < -0.4 is 0 Å². The van der Waals surface area contributed by atoms with E-state index in [0.717, 1.165) is 38.3 Å². The summed E-state index contributed by atoms with van der Waals surface area (Å²) in [5, 5.41) is 0. The Hall–Kier alpha value is -0.380. The van der Waals surface area contributed by atoms with Gasteiger partial charge in [-0.05, 0) is 32.2 Å². The monoisotopic (exact) mass is 252 g/mol. The van der Waals surface area contributed by atoms with Crippen LogP contribution >= 0.6 is 0 Å². The molecule has 0 aliphatic carbocycles. The molecule has 3 heteroatoms. The van der Waals surface area contributed by atoms with Crippen molar-refractivity contribution in [2.24, 2.45) is 0 Å². The number of hydrogen-bond acceptors (Lipinski definition) is 3. The van der Waals surface area contributed by atoms with Crippen LogP contribution in [0.2, 0.25) is 0 Å². The Morgan fingerprint density at radius 1 is 1.33 bits per heavy atom. The number of piperazine rings is 1. The lowest BCUT2D eigenvalue weighted by Crippen LogP contribution is -2.56. The molecule has 0 radical (unpaired) electrons. The minimum atomic E-state index is 0.738. The normalized spacial score (nSPS) is 29.4. The maximum atomic E-state index is 5.65. The van der Waals surface area contributed by atoms with Crippen LogP contribution in [0.5, 0.6) is 0 Å². The molecule has 0 aromatic rings. The molecule has 0 aromatic carbocycles. The summed E-state index contributed by atoms with van der Waals surface area (Å²) in [6.07, 6.45) is 6.94. The first-order chi connectivity index (χ1) is 8.85. The second-order valence-electron chi connectivity index (χ2n) is 5.54. The smallest absolute Gasteiger partial charge is 0.0593 e. The van der Waals surface area contributed by atoms with E-state index in [9.17, 15) is 0 Å². The van der Waals surface area contributed by atoms with Crippen molar-refractivity contribution in [3.63, 3.8) is 0 Å². The van der Waals surface area contributed by atoms with Crippen LogP contribution in [-0.2, 0) is 4.74 Å². The van der Waals surface area contributed by atoms with Gasteiger partial charge in [-0.1, -0.05) is 13.0 Å². The molecular formula is C15H28N2O. The van der Waals surface area contributed by atoms with Gasteiger partial charge in [0.25, 0.3) is 0 Å². The van der Waals surface area contributed by atoms with Gasteiger partial charge >= 0.3 is 0 Å². The van der Waals surface area contributed by atoms with Gasteiger partial charge in [-0.2, -0.15) is 0 Å². The predicted molar refractivity (Wildman–Crippen MR) is 75.9 cm³/mol. The summed E-state index contributed by atoms with van der Waals surface area (Å²) in [6.45, 7) is 12.7. The fourth-order valence-electron chi connectivity index (χ4n) is 3.26. The van der Waals surface area contributed by atoms with E-state index >= 15 is 0 Å². The molecule has 2 aliphatic heterocycles. The van der Waals surface area contributed by atoms with E-state index in [4.69, 9.17) is 4.74 Å². The highest BCUT2D eigenvalue weighted by atomic mass is 16.5. The van der Waals surface area contributed by atoms with Crippen LogP contribution in [0.1, 0.15) is 32.6 Å². The number of nitrogens with zero attached hydrogens (tertiary/aromatic N) is 2. The van der Waals surface area contributed by atoms with Crippen molar-refractivity contribution in [1.82, 2.24) is 9.80 Å². The Morgan fingerprint density at radius 3 is 3.00 bits per heavy atom. The van der Waals surface area contributed by atoms with Crippen LogP contribution in [0.4, 0.5) is 0 Å². The number of hydrogen-bond donors (Lipinski definition) is 0. The molecule has 0 bridgehead atoms. The Bertz CT molecular complexity index is 257. The van der Waals surface area contributed by atoms with Crippen molar-refractivity contribution < 1.29 is 4.74 Å². The van der Waals surface area contributed by atoms with Gasteiger partial charge in [0.1, 0.15) is 0 Å². The van der Waals surface area contributed by atoms with Crippen LogP contribution in [0, 0.1) is 0 Å². The zero-order valence-electron chi connectivity index (χ0n) is 11.8. The topological polar surface area (TPSA) is 15.7 Å². The van der Waals surface area contributed by atoms with E-state index in [1.54, 1.807) is 0 Å². The van der Waals surface area contributed by atoms with Crippen molar-refractivity contribution in [3.05, 3.63) is 12.7 Å². The third kappa shape index (κ3) is 3.56. The summed E-state index contributed by atoms with van der Waals surface area (Å²) >= 11 is 0. The first-order valence-electron chi connectivity index (χ1n) is 7.52. The molecule has 2 atom stereocenters. The zero-order chi connectivity index (χ0) is 12.8. The van der Waals surface area contributed by atoms with Gasteiger partial charge < -0.3 is 4.74 Å². The fourth-order valence-corrected chi connectivity index (χ4v) is 3.26. The summed E-state index contributed by atoms with van der Waals surface area (Å²) in [7, 11) is 0. The molecule has 2 heterocycles. The second kappa shape index (κ2) is 7.27. The fraction of sp³-hybridized carbons (Fsp3) is 0.867. The van der Waals surface area contributed by atoms with Crippen molar-refractivity contribution in [2.45, 2.75) is 44.7 Å². The third-order valence-electron chi connectivity index (χ3n) is 4.37. The highest BCUT2D eigenvalue weighted by Crippen LogP contribution is 2.25. The first kappa shape index (κ1) is 14.0. The molecular weight excluding hydrogens is 224 g/mol. The van der Waals surface area contributed by atoms with E-state index in [2.05, 4.69) is 23.3 Å². The quantitative estimate of drug-likeness (QED) is 0.510. The lowest BCUT2D eigenvalue weighted by atomic mass is 10.1. The summed E-state index contributed by atoms with van der Waals surface area (Å²) < 4.78 is 5.65. The van der Waals surface area contributed by atoms with Crippen molar-refractivity contribution in [1.29, 1.82) is 0 Å². The lowest BCUT2D eigenvalue weighted by Gasteiger charge is -2.43. The van der Waals surface area contributed by atoms with Crippen LogP contribution in [0.15, 0.2) is 12.7 Å². The van der Waals surface area contributed by atoms with E-state index in [-0.39, 0.29) is 0 Å². The maximum Gasteiger partial charge on any atom is 0.0593 e. The minimum Gasteiger partial charge on any atom is -0.380 e. The molecule has 0 aromatic heterocycles. The molecule has 104 valence electrons. The summed E-state index contributed by atoms with van der Waals surface area (Å²) in [4.78, 5) is 5.35. The molecule has 2 aliphatic rings. The minimum absolute atomic E-state index is 0.738. The average molecular weight is 252 g/mol. The third-order valence-corrected chi connectivity index (χ3v) is 4.37. The molecule has 2 unspecified atom stereocenters. The van der Waals surface area contributed by atoms with Gasteiger partial charge in [0.05, 0.1) is 13.2 Å². The number of ether oxygens (including phenoxy) is 1. The number of rotatable bonds is 7. The summed E-state index contributed by atoms with van der Waals surface area (Å²) in [5.41, 5.74) is 0. The highest BCUT2D eigenvalue weighted by molar-refractivity contribution is 4.91.